The van der Waals surface area contributed by atoms with E-state index >= 15 is 0 Å². The van der Waals surface area contributed by atoms with Crippen molar-refractivity contribution in [2.24, 2.45) is 7.05 Å². The Morgan fingerprint density at radius 2 is 2.25 bits per heavy atom. The number of aryl methyl sites for hydroxylation is 1. The number of rotatable bonds is 6. The Labute approximate surface area is 118 Å². The van der Waals surface area contributed by atoms with Crippen molar-refractivity contribution in [3.63, 3.8) is 0 Å². The van der Waals surface area contributed by atoms with Crippen molar-refractivity contribution in [1.82, 2.24) is 20.1 Å². The van der Waals surface area contributed by atoms with E-state index < -0.39 is 0 Å². The van der Waals surface area contributed by atoms with Gasteiger partial charge in [-0.15, -0.1) is 0 Å². The van der Waals surface area contributed by atoms with E-state index in [0.717, 1.165) is 18.7 Å². The first-order valence-corrected chi connectivity index (χ1v) is 6.65. The van der Waals surface area contributed by atoms with Crippen molar-refractivity contribution in [3.05, 3.63) is 41.9 Å². The summed E-state index contributed by atoms with van der Waals surface area (Å²) in [6.07, 6.45) is 4.24. The Morgan fingerprint density at radius 1 is 1.40 bits per heavy atom. The van der Waals surface area contributed by atoms with Gasteiger partial charge in [-0.25, -0.2) is 4.98 Å². The van der Waals surface area contributed by atoms with Gasteiger partial charge >= 0.3 is 0 Å². The molecular weight excluding hydrogens is 254 g/mol. The van der Waals surface area contributed by atoms with Crippen LogP contribution in [0.2, 0.25) is 0 Å². The van der Waals surface area contributed by atoms with Crippen molar-refractivity contribution < 1.29 is 4.79 Å². The number of anilines is 1. The summed E-state index contributed by atoms with van der Waals surface area (Å²) in [5.74, 6) is 0.618. The van der Waals surface area contributed by atoms with E-state index in [1.54, 1.807) is 23.0 Å². The number of carbonyl (C=O) groups is 1. The Balaban J connectivity index is 1.86. The number of hydrogen-bond acceptors (Lipinski definition) is 4. The molecule has 2 heterocycles. The van der Waals surface area contributed by atoms with Crippen LogP contribution in [-0.2, 0) is 13.5 Å². The third-order valence-corrected chi connectivity index (χ3v) is 2.82. The second-order valence-corrected chi connectivity index (χ2v) is 4.45. The van der Waals surface area contributed by atoms with Gasteiger partial charge in [0.25, 0.3) is 5.91 Å². The first-order valence-electron chi connectivity index (χ1n) is 6.65. The third-order valence-electron chi connectivity index (χ3n) is 2.82. The maximum atomic E-state index is 12.0. The van der Waals surface area contributed by atoms with Gasteiger partial charge in [0, 0.05) is 44.5 Å². The van der Waals surface area contributed by atoms with Gasteiger partial charge in [-0.1, -0.05) is 0 Å². The van der Waals surface area contributed by atoms with Gasteiger partial charge in [-0.05, 0) is 25.1 Å². The molecule has 0 aliphatic rings. The summed E-state index contributed by atoms with van der Waals surface area (Å²) >= 11 is 0. The number of amides is 1. The molecule has 2 aromatic rings. The van der Waals surface area contributed by atoms with Crippen LogP contribution >= 0.6 is 0 Å². The highest BCUT2D eigenvalue weighted by Crippen LogP contribution is 2.06. The number of nitrogens with one attached hydrogen (secondary N) is 2. The van der Waals surface area contributed by atoms with Crippen LogP contribution in [0.1, 0.15) is 23.0 Å². The zero-order chi connectivity index (χ0) is 14.4. The van der Waals surface area contributed by atoms with Crippen LogP contribution in [0, 0.1) is 0 Å². The largest absolute Gasteiger partial charge is 0.370 e. The Kier molecular flexibility index (Phi) is 4.70. The average molecular weight is 273 g/mol. The summed E-state index contributed by atoms with van der Waals surface area (Å²) in [5, 5.41) is 10.2. The molecule has 2 rings (SSSR count). The normalized spacial score (nSPS) is 10.3. The molecule has 0 aromatic carbocycles. The van der Waals surface area contributed by atoms with Crippen molar-refractivity contribution in [2.45, 2.75) is 13.3 Å². The lowest BCUT2D eigenvalue weighted by molar-refractivity contribution is 0.0954. The molecule has 0 unspecified atom stereocenters. The number of pyridine rings is 1. The van der Waals surface area contributed by atoms with Gasteiger partial charge in [0.2, 0.25) is 0 Å². The highest BCUT2D eigenvalue weighted by Gasteiger charge is 2.06. The maximum absolute atomic E-state index is 12.0. The molecule has 2 N–H and O–H groups in total. The predicted molar refractivity (Wildman–Crippen MR) is 77.6 cm³/mol. The molecule has 0 aliphatic heterocycles. The van der Waals surface area contributed by atoms with E-state index in [4.69, 9.17) is 0 Å². The predicted octanol–water partition coefficient (Wildman–Crippen LogP) is 1.22. The first kappa shape index (κ1) is 14.0. The number of carbonyl (C=O) groups excluding carboxylic acids is 1. The Morgan fingerprint density at radius 3 is 2.95 bits per heavy atom. The standard InChI is InChI=1S/C14H19N5O/c1-3-15-13-10-11(4-7-16-13)14(20)17-8-5-12-6-9-19(2)18-12/h4,6-7,9-10H,3,5,8H2,1-2H3,(H,15,16)(H,17,20). The van der Waals surface area contributed by atoms with Gasteiger partial charge in [0.05, 0.1) is 5.69 Å². The van der Waals surface area contributed by atoms with Gasteiger partial charge in [0.15, 0.2) is 0 Å². The average Bonchev–Trinajstić information content (AvgIpc) is 2.85. The molecule has 0 saturated heterocycles. The minimum Gasteiger partial charge on any atom is -0.370 e. The lowest BCUT2D eigenvalue weighted by Crippen LogP contribution is -2.26. The molecule has 6 heteroatoms. The fourth-order valence-electron chi connectivity index (χ4n) is 1.85. The number of aromatic nitrogens is 3. The lowest BCUT2D eigenvalue weighted by Gasteiger charge is -2.06. The molecule has 0 spiro atoms. The van der Waals surface area contributed by atoms with Crippen LogP contribution in [0.25, 0.3) is 0 Å². The summed E-state index contributed by atoms with van der Waals surface area (Å²) in [7, 11) is 1.88. The van der Waals surface area contributed by atoms with E-state index in [0.29, 0.717) is 17.9 Å². The Hall–Kier alpha value is -2.37. The third kappa shape index (κ3) is 3.81. The molecule has 0 fully saturated rings. The van der Waals surface area contributed by atoms with Crippen LogP contribution in [0.5, 0.6) is 0 Å². The molecule has 0 atom stereocenters. The summed E-state index contributed by atoms with van der Waals surface area (Å²) in [4.78, 5) is 16.1. The van der Waals surface area contributed by atoms with Crippen LogP contribution in [0.4, 0.5) is 5.82 Å². The molecule has 0 aliphatic carbocycles. The van der Waals surface area contributed by atoms with E-state index in [9.17, 15) is 4.79 Å². The highest BCUT2D eigenvalue weighted by atomic mass is 16.1. The molecule has 0 bridgehead atoms. The van der Waals surface area contributed by atoms with Crippen molar-refractivity contribution in [2.75, 3.05) is 18.4 Å². The zero-order valence-electron chi connectivity index (χ0n) is 11.8. The zero-order valence-corrected chi connectivity index (χ0v) is 11.8. The van der Waals surface area contributed by atoms with Crippen molar-refractivity contribution in [1.29, 1.82) is 0 Å². The molecule has 6 nitrogen and oxygen atoms in total. The SMILES string of the molecule is CCNc1cc(C(=O)NCCc2ccn(C)n2)ccn1. The topological polar surface area (TPSA) is 71.8 Å². The van der Waals surface area contributed by atoms with Crippen LogP contribution in [-0.4, -0.2) is 33.8 Å². The first-order chi connectivity index (χ1) is 9.69. The number of hydrogen-bond donors (Lipinski definition) is 2. The summed E-state index contributed by atoms with van der Waals surface area (Å²) < 4.78 is 1.75. The maximum Gasteiger partial charge on any atom is 0.251 e. The molecule has 0 radical (unpaired) electrons. The monoisotopic (exact) mass is 273 g/mol. The van der Waals surface area contributed by atoms with Gasteiger partial charge in [-0.2, -0.15) is 5.10 Å². The summed E-state index contributed by atoms with van der Waals surface area (Å²) in [5.41, 5.74) is 1.58. The van der Waals surface area contributed by atoms with Crippen LogP contribution in [0.3, 0.4) is 0 Å². The second-order valence-electron chi connectivity index (χ2n) is 4.45. The fourth-order valence-corrected chi connectivity index (χ4v) is 1.85. The van der Waals surface area contributed by atoms with Crippen molar-refractivity contribution >= 4 is 11.7 Å². The van der Waals surface area contributed by atoms with E-state index in [1.807, 2.05) is 26.2 Å². The van der Waals surface area contributed by atoms with Gasteiger partial charge in [0.1, 0.15) is 5.82 Å². The molecule has 106 valence electrons. The number of nitrogens with zero attached hydrogens (tertiary/aromatic N) is 3. The summed E-state index contributed by atoms with van der Waals surface area (Å²) in [6.45, 7) is 3.33. The van der Waals surface area contributed by atoms with E-state index in [-0.39, 0.29) is 5.91 Å². The van der Waals surface area contributed by atoms with Crippen LogP contribution < -0.4 is 10.6 Å². The lowest BCUT2D eigenvalue weighted by atomic mass is 10.2. The van der Waals surface area contributed by atoms with E-state index in [1.165, 1.54) is 0 Å². The summed E-state index contributed by atoms with van der Waals surface area (Å²) in [6, 6.07) is 5.40. The Bertz CT molecular complexity index is 578. The smallest absolute Gasteiger partial charge is 0.251 e. The van der Waals surface area contributed by atoms with Crippen molar-refractivity contribution in [3.8, 4) is 0 Å². The quantitative estimate of drug-likeness (QED) is 0.830. The van der Waals surface area contributed by atoms with E-state index in [2.05, 4.69) is 20.7 Å². The minimum atomic E-state index is -0.0949. The fraction of sp³-hybridized carbons (Fsp3) is 0.357. The van der Waals surface area contributed by atoms with Gasteiger partial charge in [-0.3, -0.25) is 9.48 Å². The minimum absolute atomic E-state index is 0.0949. The molecule has 1 amide bonds. The van der Waals surface area contributed by atoms with Crippen LogP contribution in [0.15, 0.2) is 30.6 Å². The molecule has 2 aromatic heterocycles. The highest BCUT2D eigenvalue weighted by molar-refractivity contribution is 5.94. The second kappa shape index (κ2) is 6.70. The van der Waals surface area contributed by atoms with Gasteiger partial charge < -0.3 is 10.6 Å². The molecule has 20 heavy (non-hydrogen) atoms. The molecular formula is C14H19N5O. The molecule has 0 saturated carbocycles.